The number of methoxy groups -OCH3 is 1. The lowest BCUT2D eigenvalue weighted by atomic mass is 9.86. The zero-order valence-electron chi connectivity index (χ0n) is 11.5. The lowest BCUT2D eigenvalue weighted by Crippen LogP contribution is -2.36. The Labute approximate surface area is 118 Å². The third kappa shape index (κ3) is 3.44. The molecular weight excluding hydrogens is 256 g/mol. The number of hydrogen-bond acceptors (Lipinski definition) is 3. The Balaban J connectivity index is 0.000000612. The Morgan fingerprint density at radius 3 is 1.45 bits per heavy atom. The second kappa shape index (κ2) is 7.43. The molecule has 0 bridgehead atoms. The van der Waals surface area contributed by atoms with Crippen LogP contribution in [-0.4, -0.2) is 30.4 Å². The van der Waals surface area contributed by atoms with Crippen molar-refractivity contribution in [3.05, 3.63) is 71.8 Å². The van der Waals surface area contributed by atoms with Crippen LogP contribution in [0.5, 0.6) is 0 Å². The average molecular weight is 274 g/mol. The van der Waals surface area contributed by atoms with Gasteiger partial charge in [0.2, 0.25) is 5.60 Å². The maximum atomic E-state index is 11.4. The smallest absolute Gasteiger partial charge is 0.345 e. The Morgan fingerprint density at radius 2 is 1.20 bits per heavy atom. The summed E-state index contributed by atoms with van der Waals surface area (Å²) >= 11 is 0. The summed E-state index contributed by atoms with van der Waals surface area (Å²) in [5, 5.41) is 19.7. The fourth-order valence-electron chi connectivity index (χ4n) is 1.77. The number of rotatable bonds is 3. The van der Waals surface area contributed by atoms with Crippen LogP contribution in [0.2, 0.25) is 0 Å². The molecule has 106 valence electrons. The molecule has 0 spiro atoms. The van der Waals surface area contributed by atoms with E-state index < -0.39 is 11.6 Å². The van der Waals surface area contributed by atoms with Gasteiger partial charge in [0.25, 0.3) is 0 Å². The van der Waals surface area contributed by atoms with Gasteiger partial charge in [-0.05, 0) is 11.1 Å². The van der Waals surface area contributed by atoms with Gasteiger partial charge in [-0.2, -0.15) is 0 Å². The Bertz CT molecular complexity index is 483. The quantitative estimate of drug-likeness (QED) is 0.901. The molecule has 0 saturated carbocycles. The normalized spacial score (nSPS) is 10.3. The van der Waals surface area contributed by atoms with E-state index in [0.29, 0.717) is 11.1 Å². The van der Waals surface area contributed by atoms with Crippen molar-refractivity contribution in [3.63, 3.8) is 0 Å². The Hall–Kier alpha value is -2.17. The van der Waals surface area contributed by atoms with Crippen LogP contribution in [0.1, 0.15) is 11.1 Å². The molecule has 2 N–H and O–H groups in total. The van der Waals surface area contributed by atoms with Gasteiger partial charge in [0.15, 0.2) is 0 Å². The zero-order chi connectivity index (χ0) is 15.0. The summed E-state index contributed by atoms with van der Waals surface area (Å²) in [6, 6.07) is 16.7. The topological polar surface area (TPSA) is 66.8 Å². The Kier molecular flexibility index (Phi) is 5.90. The number of carboxylic acid groups (broad SMARTS) is 1. The maximum Gasteiger partial charge on any atom is 0.345 e. The first-order valence-electron chi connectivity index (χ1n) is 6.04. The zero-order valence-corrected chi connectivity index (χ0v) is 11.5. The van der Waals surface area contributed by atoms with Gasteiger partial charge in [0.05, 0.1) is 0 Å². The van der Waals surface area contributed by atoms with Crippen molar-refractivity contribution in [2.45, 2.75) is 5.60 Å². The highest BCUT2D eigenvalue weighted by molar-refractivity contribution is 5.83. The molecule has 4 nitrogen and oxygen atoms in total. The molecule has 2 rings (SSSR count). The van der Waals surface area contributed by atoms with Crippen LogP contribution in [0.4, 0.5) is 0 Å². The lowest BCUT2D eigenvalue weighted by Gasteiger charge is -2.24. The van der Waals surface area contributed by atoms with Crippen molar-refractivity contribution >= 4 is 5.97 Å². The van der Waals surface area contributed by atoms with Gasteiger partial charge in [-0.1, -0.05) is 60.7 Å². The summed E-state index contributed by atoms with van der Waals surface area (Å²) in [6.07, 6.45) is 0. The number of aliphatic carboxylic acids is 1. The van der Waals surface area contributed by atoms with Crippen molar-refractivity contribution in [1.82, 2.24) is 0 Å². The number of benzene rings is 2. The van der Waals surface area contributed by atoms with Gasteiger partial charge in [-0.15, -0.1) is 0 Å². The van der Waals surface area contributed by atoms with Crippen molar-refractivity contribution < 1.29 is 19.7 Å². The molecule has 2 aromatic rings. The molecule has 0 amide bonds. The van der Waals surface area contributed by atoms with Gasteiger partial charge in [0.1, 0.15) is 0 Å². The number of hydrogen-bond donors (Lipinski definition) is 2. The van der Waals surface area contributed by atoms with E-state index in [2.05, 4.69) is 4.74 Å². The predicted octanol–water partition coefficient (Wildman–Crippen LogP) is 2.27. The van der Waals surface area contributed by atoms with Gasteiger partial charge >= 0.3 is 5.97 Å². The molecule has 0 radical (unpaired) electrons. The van der Waals surface area contributed by atoms with E-state index >= 15 is 0 Å². The maximum absolute atomic E-state index is 11.4. The minimum Gasteiger partial charge on any atom is -0.479 e. The van der Waals surface area contributed by atoms with E-state index in [4.69, 9.17) is 0 Å². The monoisotopic (exact) mass is 274 g/mol. The summed E-state index contributed by atoms with van der Waals surface area (Å²) in [6.45, 7) is 0. The van der Waals surface area contributed by atoms with E-state index in [1.165, 1.54) is 0 Å². The van der Waals surface area contributed by atoms with E-state index in [-0.39, 0.29) is 0 Å². The highest BCUT2D eigenvalue weighted by atomic mass is 16.4. The van der Waals surface area contributed by atoms with Crippen LogP contribution in [0, 0.1) is 0 Å². The van der Waals surface area contributed by atoms with E-state index in [0.717, 1.165) is 0 Å². The van der Waals surface area contributed by atoms with Gasteiger partial charge in [-0.25, -0.2) is 4.79 Å². The van der Waals surface area contributed by atoms with E-state index in [1.54, 1.807) is 74.9 Å². The minimum absolute atomic E-state index is 0.346. The molecule has 0 saturated heterocycles. The molecule has 4 heteroatoms. The van der Waals surface area contributed by atoms with Gasteiger partial charge < -0.3 is 14.9 Å². The van der Waals surface area contributed by atoms with Gasteiger partial charge in [0, 0.05) is 14.2 Å². The van der Waals surface area contributed by atoms with Crippen molar-refractivity contribution in [1.29, 1.82) is 0 Å². The van der Waals surface area contributed by atoms with Crippen LogP contribution < -0.4 is 0 Å². The molecule has 20 heavy (non-hydrogen) atoms. The largest absolute Gasteiger partial charge is 0.479 e. The van der Waals surface area contributed by atoms with Crippen molar-refractivity contribution in [2.75, 3.05) is 14.2 Å². The first-order valence-corrected chi connectivity index (χ1v) is 6.04. The minimum atomic E-state index is -2.00. The van der Waals surface area contributed by atoms with Crippen LogP contribution in [0.25, 0.3) is 0 Å². The summed E-state index contributed by atoms with van der Waals surface area (Å²) in [7, 11) is 3.25. The number of carbonyl (C=O) groups is 1. The van der Waals surface area contributed by atoms with E-state index in [1.807, 2.05) is 0 Å². The third-order valence-electron chi connectivity index (χ3n) is 2.69. The standard InChI is InChI=1S/C14H12O3.C2H6O/c15-13(16)14(17,11-7-3-1-4-8-11)12-9-5-2-6-10-12;1-3-2/h1-10,17H,(H,15,16);1-2H3. The lowest BCUT2D eigenvalue weighted by molar-refractivity contribution is -0.155. The second-order valence-electron chi connectivity index (χ2n) is 4.16. The molecule has 0 aliphatic heterocycles. The fourth-order valence-corrected chi connectivity index (χ4v) is 1.77. The number of aliphatic hydroxyl groups is 1. The van der Waals surface area contributed by atoms with Crippen LogP contribution in [-0.2, 0) is 15.1 Å². The summed E-state index contributed by atoms with van der Waals surface area (Å²) in [5.41, 5.74) is -1.31. The molecule has 0 heterocycles. The molecule has 0 fully saturated rings. The summed E-state index contributed by atoms with van der Waals surface area (Å²) in [5.74, 6) is -1.28. The van der Waals surface area contributed by atoms with E-state index in [9.17, 15) is 15.0 Å². The van der Waals surface area contributed by atoms with Crippen molar-refractivity contribution in [3.8, 4) is 0 Å². The second-order valence-corrected chi connectivity index (χ2v) is 4.16. The fraction of sp³-hybridized carbons (Fsp3) is 0.188. The number of carboxylic acids is 1. The van der Waals surface area contributed by atoms with Crippen LogP contribution in [0.3, 0.4) is 0 Å². The molecule has 0 aromatic heterocycles. The highest BCUT2D eigenvalue weighted by Crippen LogP contribution is 2.29. The number of ether oxygens (including phenoxy) is 1. The molecule has 0 unspecified atom stereocenters. The Morgan fingerprint density at radius 1 is 0.900 bits per heavy atom. The molecule has 0 aliphatic rings. The average Bonchev–Trinajstić information content (AvgIpc) is 2.49. The first kappa shape index (κ1) is 15.9. The molecule has 0 atom stereocenters. The van der Waals surface area contributed by atoms with Crippen molar-refractivity contribution in [2.24, 2.45) is 0 Å². The third-order valence-corrected chi connectivity index (χ3v) is 2.69. The van der Waals surface area contributed by atoms with Crippen LogP contribution >= 0.6 is 0 Å². The predicted molar refractivity (Wildman–Crippen MR) is 76.5 cm³/mol. The van der Waals surface area contributed by atoms with Gasteiger partial charge in [-0.3, -0.25) is 0 Å². The molecular formula is C16H18O4. The molecule has 0 aliphatic carbocycles. The summed E-state index contributed by atoms with van der Waals surface area (Å²) in [4.78, 5) is 11.4. The van der Waals surface area contributed by atoms with Crippen LogP contribution in [0.15, 0.2) is 60.7 Å². The molecule has 2 aromatic carbocycles. The first-order chi connectivity index (χ1) is 9.57. The summed E-state index contributed by atoms with van der Waals surface area (Å²) < 4.78 is 4.25. The SMILES string of the molecule is COC.O=C(O)C(O)(c1ccccc1)c1ccccc1. The highest BCUT2D eigenvalue weighted by Gasteiger charge is 2.39.